The van der Waals surface area contributed by atoms with E-state index in [1.165, 1.54) is 0 Å². The summed E-state index contributed by atoms with van der Waals surface area (Å²) in [5, 5.41) is 2.34. The van der Waals surface area contributed by atoms with Gasteiger partial charge in [-0.1, -0.05) is 37.3 Å². The maximum Gasteiger partial charge on any atom is 0.234 e. The van der Waals surface area contributed by atoms with Crippen molar-refractivity contribution in [3.63, 3.8) is 0 Å². The molecule has 0 unspecified atom stereocenters. The van der Waals surface area contributed by atoms with Crippen molar-refractivity contribution >= 4 is 11.8 Å². The monoisotopic (exact) mass is 189 g/mol. The molecule has 72 valence electrons. The number of carbonyl (C=O) groups excluding carboxylic acids is 2. The van der Waals surface area contributed by atoms with E-state index in [-0.39, 0.29) is 23.7 Å². The maximum atomic E-state index is 11.5. The standard InChI is InChI=1S/C11H11NO2/c1-7-9(11(14)12-10(7)13)8-5-3-2-4-6-8/h2-7,9H,1H3,(H,12,13,14)/t7-,9-/m1/s1. The van der Waals surface area contributed by atoms with Crippen molar-refractivity contribution in [3.05, 3.63) is 35.9 Å². The second kappa shape index (κ2) is 3.25. The van der Waals surface area contributed by atoms with E-state index in [0.29, 0.717) is 0 Å². The quantitative estimate of drug-likeness (QED) is 0.671. The van der Waals surface area contributed by atoms with Crippen LogP contribution in [0, 0.1) is 5.92 Å². The molecule has 0 radical (unpaired) electrons. The van der Waals surface area contributed by atoms with E-state index < -0.39 is 0 Å². The van der Waals surface area contributed by atoms with Crippen molar-refractivity contribution in [1.29, 1.82) is 0 Å². The summed E-state index contributed by atoms with van der Waals surface area (Å²) in [5.41, 5.74) is 0.906. The fourth-order valence-corrected chi connectivity index (χ4v) is 1.79. The van der Waals surface area contributed by atoms with Gasteiger partial charge in [0.05, 0.1) is 11.8 Å². The fraction of sp³-hybridized carbons (Fsp3) is 0.273. The molecular formula is C11H11NO2. The average molecular weight is 189 g/mol. The van der Waals surface area contributed by atoms with Crippen LogP contribution in [0.25, 0.3) is 0 Å². The van der Waals surface area contributed by atoms with Crippen LogP contribution in [0.2, 0.25) is 0 Å². The van der Waals surface area contributed by atoms with Crippen LogP contribution < -0.4 is 5.32 Å². The smallest absolute Gasteiger partial charge is 0.234 e. The lowest BCUT2D eigenvalue weighted by molar-refractivity contribution is -0.125. The van der Waals surface area contributed by atoms with Crippen LogP contribution in [-0.4, -0.2) is 11.8 Å². The summed E-state index contributed by atoms with van der Waals surface area (Å²) in [6, 6.07) is 9.39. The van der Waals surface area contributed by atoms with Crippen LogP contribution >= 0.6 is 0 Å². The third-order valence-electron chi connectivity index (χ3n) is 2.60. The SMILES string of the molecule is C[C@H]1C(=O)NC(=O)[C@H]1c1ccccc1. The number of benzene rings is 1. The summed E-state index contributed by atoms with van der Waals surface area (Å²) in [6.07, 6.45) is 0. The fourth-order valence-electron chi connectivity index (χ4n) is 1.79. The van der Waals surface area contributed by atoms with Gasteiger partial charge in [-0.3, -0.25) is 14.9 Å². The molecule has 1 fully saturated rings. The summed E-state index contributed by atoms with van der Waals surface area (Å²) in [4.78, 5) is 22.7. The minimum Gasteiger partial charge on any atom is -0.296 e. The van der Waals surface area contributed by atoms with E-state index in [1.807, 2.05) is 30.3 Å². The number of amides is 2. The predicted octanol–water partition coefficient (Wildman–Crippen LogP) is 1.06. The molecule has 0 aliphatic carbocycles. The molecule has 0 aromatic heterocycles. The Bertz CT molecular complexity index is 372. The molecule has 1 saturated heterocycles. The summed E-state index contributed by atoms with van der Waals surface area (Å²) >= 11 is 0. The first-order chi connectivity index (χ1) is 6.70. The first-order valence-electron chi connectivity index (χ1n) is 4.60. The molecule has 1 aromatic carbocycles. The summed E-state index contributed by atoms with van der Waals surface area (Å²) in [7, 11) is 0. The molecule has 0 spiro atoms. The van der Waals surface area contributed by atoms with Crippen LogP contribution in [0.3, 0.4) is 0 Å². The highest BCUT2D eigenvalue weighted by molar-refractivity contribution is 6.07. The van der Waals surface area contributed by atoms with Crippen molar-refractivity contribution < 1.29 is 9.59 Å². The zero-order chi connectivity index (χ0) is 10.1. The first-order valence-corrected chi connectivity index (χ1v) is 4.60. The van der Waals surface area contributed by atoms with Crippen LogP contribution in [0.5, 0.6) is 0 Å². The zero-order valence-electron chi connectivity index (χ0n) is 7.86. The highest BCUT2D eigenvalue weighted by atomic mass is 16.2. The van der Waals surface area contributed by atoms with Crippen LogP contribution in [0.1, 0.15) is 18.4 Å². The van der Waals surface area contributed by atoms with Gasteiger partial charge in [0.2, 0.25) is 11.8 Å². The van der Waals surface area contributed by atoms with E-state index in [2.05, 4.69) is 5.32 Å². The molecule has 2 atom stereocenters. The molecular weight excluding hydrogens is 178 g/mol. The second-order valence-corrected chi connectivity index (χ2v) is 3.53. The Labute approximate surface area is 82.1 Å². The minimum absolute atomic E-state index is 0.177. The molecule has 14 heavy (non-hydrogen) atoms. The number of hydrogen-bond donors (Lipinski definition) is 1. The summed E-state index contributed by atoms with van der Waals surface area (Å²) < 4.78 is 0. The Kier molecular flexibility index (Phi) is 2.08. The van der Waals surface area contributed by atoms with Crippen LogP contribution in [0.15, 0.2) is 30.3 Å². The predicted molar refractivity (Wildman–Crippen MR) is 51.5 cm³/mol. The van der Waals surface area contributed by atoms with Crippen molar-refractivity contribution in [2.24, 2.45) is 5.92 Å². The van der Waals surface area contributed by atoms with E-state index in [4.69, 9.17) is 0 Å². The molecule has 0 bridgehead atoms. The third-order valence-corrected chi connectivity index (χ3v) is 2.60. The number of hydrogen-bond acceptors (Lipinski definition) is 2. The minimum atomic E-state index is -0.316. The Balaban J connectivity index is 2.36. The summed E-state index contributed by atoms with van der Waals surface area (Å²) in [6.45, 7) is 1.78. The van der Waals surface area contributed by atoms with Gasteiger partial charge < -0.3 is 0 Å². The Morgan fingerprint density at radius 2 is 1.71 bits per heavy atom. The van der Waals surface area contributed by atoms with Gasteiger partial charge in [0.15, 0.2) is 0 Å². The van der Waals surface area contributed by atoms with Gasteiger partial charge in [-0.15, -0.1) is 0 Å². The number of carbonyl (C=O) groups is 2. The number of nitrogens with one attached hydrogen (secondary N) is 1. The topological polar surface area (TPSA) is 46.2 Å². The van der Waals surface area contributed by atoms with Gasteiger partial charge in [-0.2, -0.15) is 0 Å². The molecule has 1 aromatic rings. The average Bonchev–Trinajstić information content (AvgIpc) is 2.43. The largest absolute Gasteiger partial charge is 0.296 e. The molecule has 1 aliphatic heterocycles. The lowest BCUT2D eigenvalue weighted by atomic mass is 9.89. The van der Waals surface area contributed by atoms with Gasteiger partial charge in [-0.25, -0.2) is 0 Å². The number of rotatable bonds is 1. The first kappa shape index (κ1) is 8.94. The van der Waals surface area contributed by atoms with Crippen molar-refractivity contribution in [2.45, 2.75) is 12.8 Å². The van der Waals surface area contributed by atoms with Gasteiger partial charge >= 0.3 is 0 Å². The number of imide groups is 1. The van der Waals surface area contributed by atoms with Crippen molar-refractivity contribution in [2.75, 3.05) is 0 Å². The van der Waals surface area contributed by atoms with Gasteiger partial charge in [0.25, 0.3) is 0 Å². The molecule has 0 saturated carbocycles. The van der Waals surface area contributed by atoms with Gasteiger partial charge in [0, 0.05) is 0 Å². The Morgan fingerprint density at radius 3 is 2.21 bits per heavy atom. The highest BCUT2D eigenvalue weighted by Gasteiger charge is 2.39. The van der Waals surface area contributed by atoms with Crippen LogP contribution in [-0.2, 0) is 9.59 Å². The van der Waals surface area contributed by atoms with Gasteiger partial charge in [-0.05, 0) is 5.56 Å². The second-order valence-electron chi connectivity index (χ2n) is 3.53. The molecule has 1 aliphatic rings. The van der Waals surface area contributed by atoms with Crippen molar-refractivity contribution in [1.82, 2.24) is 5.32 Å². The molecule has 2 amide bonds. The highest BCUT2D eigenvalue weighted by Crippen LogP contribution is 2.29. The zero-order valence-corrected chi connectivity index (χ0v) is 7.86. The van der Waals surface area contributed by atoms with E-state index >= 15 is 0 Å². The third kappa shape index (κ3) is 1.31. The van der Waals surface area contributed by atoms with E-state index in [1.54, 1.807) is 6.92 Å². The summed E-state index contributed by atoms with van der Waals surface area (Å²) in [5.74, 6) is -0.939. The van der Waals surface area contributed by atoms with Crippen molar-refractivity contribution in [3.8, 4) is 0 Å². The van der Waals surface area contributed by atoms with Gasteiger partial charge in [0.1, 0.15) is 0 Å². The Morgan fingerprint density at radius 1 is 1.07 bits per heavy atom. The van der Waals surface area contributed by atoms with Crippen LogP contribution in [0.4, 0.5) is 0 Å². The molecule has 3 nitrogen and oxygen atoms in total. The normalized spacial score (nSPS) is 26.4. The molecule has 1 N–H and O–H groups in total. The lowest BCUT2D eigenvalue weighted by Gasteiger charge is -2.10. The molecule has 2 rings (SSSR count). The molecule has 1 heterocycles. The van der Waals surface area contributed by atoms with E-state index in [9.17, 15) is 9.59 Å². The van der Waals surface area contributed by atoms with E-state index in [0.717, 1.165) is 5.56 Å². The Hall–Kier alpha value is -1.64. The maximum absolute atomic E-state index is 11.5. The lowest BCUT2D eigenvalue weighted by Crippen LogP contribution is -2.21. The molecule has 3 heteroatoms.